The summed E-state index contributed by atoms with van der Waals surface area (Å²) in [6.45, 7) is 8.11. The molecule has 0 atom stereocenters. The zero-order valence-electron chi connectivity index (χ0n) is 14.1. The van der Waals surface area contributed by atoms with Crippen LogP contribution in [0.1, 0.15) is 28.1 Å². The number of nitrogens with zero attached hydrogens (tertiary/aromatic N) is 2. The van der Waals surface area contributed by atoms with Gasteiger partial charge in [0, 0.05) is 24.0 Å². The molecule has 0 amide bonds. The van der Waals surface area contributed by atoms with Crippen LogP contribution in [0.3, 0.4) is 0 Å². The average Bonchev–Trinajstić information content (AvgIpc) is 2.87. The van der Waals surface area contributed by atoms with Gasteiger partial charge in [0.25, 0.3) is 0 Å². The van der Waals surface area contributed by atoms with Crippen molar-refractivity contribution in [2.24, 2.45) is 4.99 Å². The van der Waals surface area contributed by atoms with Crippen LogP contribution in [0.2, 0.25) is 0 Å². The third-order valence-electron chi connectivity index (χ3n) is 3.42. The number of para-hydroxylation sites is 1. The lowest BCUT2D eigenvalue weighted by molar-refractivity contribution is 0.336. The normalized spacial score (nSPS) is 11.4. The zero-order chi connectivity index (χ0) is 16.7. The van der Waals surface area contributed by atoms with Crippen LogP contribution in [0.4, 0.5) is 0 Å². The Balaban J connectivity index is 1.90. The highest BCUT2D eigenvalue weighted by molar-refractivity contribution is 7.11. The van der Waals surface area contributed by atoms with Crippen LogP contribution < -0.4 is 15.4 Å². The van der Waals surface area contributed by atoms with Crippen molar-refractivity contribution in [3.05, 3.63) is 45.4 Å². The Morgan fingerprint density at radius 1 is 1.22 bits per heavy atom. The second kappa shape index (κ2) is 8.53. The lowest BCUT2D eigenvalue weighted by Gasteiger charge is -2.13. The first-order valence-electron chi connectivity index (χ1n) is 7.72. The predicted octanol–water partition coefficient (Wildman–Crippen LogP) is 3.02. The first-order chi connectivity index (χ1) is 11.1. The van der Waals surface area contributed by atoms with Crippen LogP contribution in [0.5, 0.6) is 5.75 Å². The maximum atomic E-state index is 5.64. The fourth-order valence-corrected chi connectivity index (χ4v) is 2.99. The Bertz CT molecular complexity index is 647. The van der Waals surface area contributed by atoms with Gasteiger partial charge in [0.2, 0.25) is 0 Å². The van der Waals surface area contributed by atoms with Crippen molar-refractivity contribution in [2.45, 2.75) is 33.9 Å². The van der Waals surface area contributed by atoms with Gasteiger partial charge in [-0.15, -0.1) is 11.3 Å². The summed E-state index contributed by atoms with van der Waals surface area (Å²) in [6.07, 6.45) is 0. The fourth-order valence-electron chi connectivity index (χ4n) is 2.12. The van der Waals surface area contributed by atoms with Gasteiger partial charge in [0.05, 0.1) is 18.8 Å². The number of nitrogens with one attached hydrogen (secondary N) is 2. The number of aryl methyl sites for hydroxylation is 2. The van der Waals surface area contributed by atoms with E-state index >= 15 is 0 Å². The molecule has 1 aromatic heterocycles. The molecule has 0 bridgehead atoms. The quantitative estimate of drug-likeness (QED) is 0.631. The zero-order valence-corrected chi connectivity index (χ0v) is 15.0. The number of benzene rings is 1. The number of hydrogen-bond acceptors (Lipinski definition) is 4. The van der Waals surface area contributed by atoms with Gasteiger partial charge in [-0.2, -0.15) is 0 Å². The van der Waals surface area contributed by atoms with E-state index in [1.54, 1.807) is 18.4 Å². The van der Waals surface area contributed by atoms with Crippen molar-refractivity contribution in [3.63, 3.8) is 0 Å². The van der Waals surface area contributed by atoms with Gasteiger partial charge in [0.15, 0.2) is 5.96 Å². The molecule has 0 aliphatic rings. The minimum atomic E-state index is 0.659. The average molecular weight is 332 g/mol. The summed E-state index contributed by atoms with van der Waals surface area (Å²) in [5.74, 6) is 1.66. The molecule has 1 aromatic carbocycles. The number of ether oxygens (including phenoxy) is 1. The second-order valence-corrected chi connectivity index (χ2v) is 6.36. The van der Waals surface area contributed by atoms with Crippen molar-refractivity contribution in [1.29, 1.82) is 0 Å². The Kier molecular flexibility index (Phi) is 6.40. The Morgan fingerprint density at radius 2 is 1.96 bits per heavy atom. The van der Waals surface area contributed by atoms with Gasteiger partial charge >= 0.3 is 0 Å². The molecule has 2 rings (SSSR count). The van der Waals surface area contributed by atoms with Crippen LogP contribution in [0.15, 0.2) is 29.3 Å². The van der Waals surface area contributed by atoms with Crippen molar-refractivity contribution >= 4 is 17.3 Å². The van der Waals surface area contributed by atoms with Crippen LogP contribution in [-0.2, 0) is 13.1 Å². The molecular weight excluding hydrogens is 308 g/mol. The maximum absolute atomic E-state index is 5.64. The number of aliphatic imine (C=N–C) groups is 1. The fraction of sp³-hybridized carbons (Fsp3) is 0.412. The van der Waals surface area contributed by atoms with Crippen LogP contribution >= 0.6 is 11.3 Å². The topological polar surface area (TPSA) is 58.5 Å². The lowest BCUT2D eigenvalue weighted by atomic mass is 10.2. The SMILES string of the molecule is CCOc1ccccc1CNC(=NC)NCc1nc(C)c(C)s1. The molecule has 0 saturated heterocycles. The summed E-state index contributed by atoms with van der Waals surface area (Å²) >= 11 is 1.71. The molecule has 0 spiro atoms. The van der Waals surface area contributed by atoms with Gasteiger partial charge in [-0.05, 0) is 26.8 Å². The maximum Gasteiger partial charge on any atom is 0.191 e. The third kappa shape index (κ3) is 4.96. The summed E-state index contributed by atoms with van der Waals surface area (Å²) in [4.78, 5) is 10.0. The van der Waals surface area contributed by atoms with Crippen molar-refractivity contribution < 1.29 is 4.74 Å². The van der Waals surface area contributed by atoms with E-state index in [4.69, 9.17) is 4.74 Å². The Labute approximate surface area is 141 Å². The van der Waals surface area contributed by atoms with E-state index in [1.165, 1.54) is 4.88 Å². The van der Waals surface area contributed by atoms with E-state index in [-0.39, 0.29) is 0 Å². The minimum Gasteiger partial charge on any atom is -0.494 e. The highest BCUT2D eigenvalue weighted by Gasteiger charge is 2.06. The number of aromatic nitrogens is 1. The number of rotatable bonds is 6. The molecule has 0 aliphatic carbocycles. The van der Waals surface area contributed by atoms with Crippen molar-refractivity contribution in [3.8, 4) is 5.75 Å². The molecule has 124 valence electrons. The molecule has 0 radical (unpaired) electrons. The molecule has 0 unspecified atom stereocenters. The van der Waals surface area contributed by atoms with E-state index in [0.717, 1.165) is 28.0 Å². The molecule has 0 aliphatic heterocycles. The Hall–Kier alpha value is -2.08. The summed E-state index contributed by atoms with van der Waals surface area (Å²) in [6, 6.07) is 8.03. The van der Waals surface area contributed by atoms with Crippen molar-refractivity contribution in [2.75, 3.05) is 13.7 Å². The molecule has 2 aromatic rings. The molecule has 0 saturated carbocycles. The molecule has 5 nitrogen and oxygen atoms in total. The first kappa shape index (κ1) is 17.3. The van der Waals surface area contributed by atoms with Crippen LogP contribution in [-0.4, -0.2) is 24.6 Å². The molecule has 2 N–H and O–H groups in total. The van der Waals surface area contributed by atoms with E-state index in [2.05, 4.69) is 33.6 Å². The monoisotopic (exact) mass is 332 g/mol. The lowest BCUT2D eigenvalue weighted by Crippen LogP contribution is -2.36. The highest BCUT2D eigenvalue weighted by Crippen LogP contribution is 2.18. The molecular formula is C17H24N4OS. The largest absolute Gasteiger partial charge is 0.494 e. The van der Waals surface area contributed by atoms with E-state index in [9.17, 15) is 0 Å². The number of thiazole rings is 1. The number of guanidine groups is 1. The van der Waals surface area contributed by atoms with Crippen LogP contribution in [0.25, 0.3) is 0 Å². The number of hydrogen-bond donors (Lipinski definition) is 2. The first-order valence-corrected chi connectivity index (χ1v) is 8.53. The van der Waals surface area contributed by atoms with Gasteiger partial charge < -0.3 is 15.4 Å². The Morgan fingerprint density at radius 3 is 2.61 bits per heavy atom. The smallest absolute Gasteiger partial charge is 0.191 e. The van der Waals surface area contributed by atoms with E-state index in [1.807, 2.05) is 32.0 Å². The standard InChI is InChI=1S/C17H24N4OS/c1-5-22-15-9-7-6-8-14(15)10-19-17(18-4)20-11-16-21-12(2)13(3)23-16/h6-9H,5,10-11H2,1-4H3,(H2,18,19,20). The molecule has 23 heavy (non-hydrogen) atoms. The van der Waals surface area contributed by atoms with Crippen LogP contribution in [0, 0.1) is 13.8 Å². The minimum absolute atomic E-state index is 0.659. The van der Waals surface area contributed by atoms with E-state index < -0.39 is 0 Å². The molecule has 1 heterocycles. The predicted molar refractivity (Wildman–Crippen MR) is 96.2 cm³/mol. The highest BCUT2D eigenvalue weighted by atomic mass is 32.1. The van der Waals surface area contributed by atoms with E-state index in [0.29, 0.717) is 19.7 Å². The van der Waals surface area contributed by atoms with Gasteiger partial charge in [-0.25, -0.2) is 4.98 Å². The van der Waals surface area contributed by atoms with Crippen molar-refractivity contribution in [1.82, 2.24) is 15.6 Å². The third-order valence-corrected chi connectivity index (χ3v) is 4.50. The summed E-state index contributed by atoms with van der Waals surface area (Å²) in [5.41, 5.74) is 2.21. The van der Waals surface area contributed by atoms with Gasteiger partial charge in [-0.1, -0.05) is 18.2 Å². The van der Waals surface area contributed by atoms with Gasteiger partial charge in [0.1, 0.15) is 10.8 Å². The molecule has 6 heteroatoms. The molecule has 0 fully saturated rings. The summed E-state index contributed by atoms with van der Waals surface area (Å²) < 4.78 is 5.64. The summed E-state index contributed by atoms with van der Waals surface area (Å²) in [5, 5.41) is 7.67. The van der Waals surface area contributed by atoms with Gasteiger partial charge in [-0.3, -0.25) is 4.99 Å². The second-order valence-electron chi connectivity index (χ2n) is 5.07. The summed E-state index contributed by atoms with van der Waals surface area (Å²) in [7, 11) is 1.77.